The van der Waals surface area contributed by atoms with Crippen molar-refractivity contribution < 1.29 is 20.1 Å². The number of ether oxygens (including phenoxy) is 1. The fourth-order valence-electron chi connectivity index (χ4n) is 6.99. The summed E-state index contributed by atoms with van der Waals surface area (Å²) in [4.78, 5) is 0. The van der Waals surface area contributed by atoms with Crippen LogP contribution in [0, 0.1) is 23.2 Å². The van der Waals surface area contributed by atoms with Crippen molar-refractivity contribution >= 4 is 0 Å². The van der Waals surface area contributed by atoms with Gasteiger partial charge in [-0.15, -0.1) is 0 Å². The second kappa shape index (κ2) is 10.8. The van der Waals surface area contributed by atoms with E-state index in [-0.39, 0.29) is 6.10 Å². The van der Waals surface area contributed by atoms with Gasteiger partial charge in [-0.3, -0.25) is 0 Å². The van der Waals surface area contributed by atoms with Gasteiger partial charge in [-0.1, -0.05) is 44.9 Å². The van der Waals surface area contributed by atoms with E-state index in [0.717, 1.165) is 36.3 Å². The highest BCUT2D eigenvalue weighted by Gasteiger charge is 2.49. The van der Waals surface area contributed by atoms with Crippen LogP contribution in [0.2, 0.25) is 0 Å². The number of fused-ring (bicyclic) bond motifs is 1. The van der Waals surface area contributed by atoms with Crippen molar-refractivity contribution in [2.45, 2.75) is 117 Å². The molecule has 1 fully saturated rings. The van der Waals surface area contributed by atoms with Crippen molar-refractivity contribution in [2.24, 2.45) is 23.2 Å². The Labute approximate surface area is 201 Å². The Kier molecular flexibility index (Phi) is 8.70. The standard InChI is InChI=1S/C29H48O4/c1-7-33-27-22(20(3)25(30)18-26(27)31)13-12-21-11-9-17-29(6)23(14-15-24(21)29)19(2)10-8-16-28(4,5)32/h11-13,19,23-27,30-32H,7-10,14-18H2,1-6H3/b13-12-/t19-,23-,24-,25+,26+,27+,29-/m1/s1. The first-order valence-electron chi connectivity index (χ1n) is 13.3. The van der Waals surface area contributed by atoms with Crippen LogP contribution in [0.3, 0.4) is 0 Å². The summed E-state index contributed by atoms with van der Waals surface area (Å²) < 4.78 is 5.88. The van der Waals surface area contributed by atoms with E-state index in [9.17, 15) is 15.3 Å². The molecule has 0 aromatic carbocycles. The summed E-state index contributed by atoms with van der Waals surface area (Å²) >= 11 is 0. The lowest BCUT2D eigenvalue weighted by molar-refractivity contribution is -0.0373. The van der Waals surface area contributed by atoms with E-state index in [4.69, 9.17) is 4.74 Å². The minimum Gasteiger partial charge on any atom is -0.390 e. The van der Waals surface area contributed by atoms with Crippen molar-refractivity contribution in [3.8, 4) is 0 Å². The highest BCUT2D eigenvalue weighted by Crippen LogP contribution is 2.58. The van der Waals surface area contributed by atoms with Crippen molar-refractivity contribution in [3.05, 3.63) is 34.9 Å². The van der Waals surface area contributed by atoms with Gasteiger partial charge in [-0.2, -0.15) is 0 Å². The Bertz CT molecular complexity index is 758. The molecule has 0 aromatic heterocycles. The molecule has 0 saturated heterocycles. The van der Waals surface area contributed by atoms with Gasteiger partial charge in [0.05, 0.1) is 17.8 Å². The van der Waals surface area contributed by atoms with Gasteiger partial charge in [0.15, 0.2) is 0 Å². The van der Waals surface area contributed by atoms with Crippen LogP contribution in [0.4, 0.5) is 0 Å². The third-order valence-corrected chi connectivity index (χ3v) is 8.89. The van der Waals surface area contributed by atoms with Crippen molar-refractivity contribution in [1.82, 2.24) is 0 Å². The second-order valence-electron chi connectivity index (χ2n) is 11.8. The average molecular weight is 461 g/mol. The maximum Gasteiger partial charge on any atom is 0.108 e. The third kappa shape index (κ3) is 6.01. The minimum atomic E-state index is -0.672. The Hall–Kier alpha value is -0.940. The zero-order valence-electron chi connectivity index (χ0n) is 21.8. The van der Waals surface area contributed by atoms with Gasteiger partial charge in [0.1, 0.15) is 6.10 Å². The first-order chi connectivity index (χ1) is 15.5. The molecule has 0 bridgehead atoms. The number of rotatable bonds is 9. The predicted molar refractivity (Wildman–Crippen MR) is 135 cm³/mol. The number of hydrogen-bond acceptors (Lipinski definition) is 4. The SMILES string of the molecule is CCO[C@H]1C(/C=C\C2=CCC[C@@]3(C)[C@@H]2CC[C@@H]3[C@H](C)CCCC(C)(C)O)=C(C)[C@@H](O)C[C@@H]1O. The number of allylic oxidation sites excluding steroid dienone is 3. The van der Waals surface area contributed by atoms with E-state index in [0.29, 0.717) is 30.3 Å². The molecule has 3 aliphatic rings. The molecule has 0 radical (unpaired) electrons. The molecule has 0 aliphatic heterocycles. The van der Waals surface area contributed by atoms with E-state index in [1.165, 1.54) is 31.3 Å². The van der Waals surface area contributed by atoms with Crippen LogP contribution < -0.4 is 0 Å². The van der Waals surface area contributed by atoms with Crippen LogP contribution in [-0.4, -0.2) is 45.8 Å². The lowest BCUT2D eigenvalue weighted by atomic mass is 9.62. The number of hydrogen-bond donors (Lipinski definition) is 3. The smallest absolute Gasteiger partial charge is 0.108 e. The summed E-state index contributed by atoms with van der Waals surface area (Å²) in [5.74, 6) is 1.95. The van der Waals surface area contributed by atoms with Gasteiger partial charge in [0.2, 0.25) is 0 Å². The van der Waals surface area contributed by atoms with Crippen LogP contribution in [-0.2, 0) is 4.74 Å². The Morgan fingerprint density at radius 2 is 1.97 bits per heavy atom. The Morgan fingerprint density at radius 1 is 1.24 bits per heavy atom. The van der Waals surface area contributed by atoms with Crippen LogP contribution in [0.15, 0.2) is 34.9 Å². The largest absolute Gasteiger partial charge is 0.390 e. The topological polar surface area (TPSA) is 69.9 Å². The van der Waals surface area contributed by atoms with E-state index in [2.05, 4.69) is 32.1 Å². The Balaban J connectivity index is 1.74. The molecular weight excluding hydrogens is 412 g/mol. The van der Waals surface area contributed by atoms with E-state index in [1.807, 2.05) is 27.7 Å². The molecule has 1 saturated carbocycles. The molecular formula is C29H48O4. The first-order valence-corrected chi connectivity index (χ1v) is 13.3. The van der Waals surface area contributed by atoms with Crippen LogP contribution in [0.25, 0.3) is 0 Å². The summed E-state index contributed by atoms with van der Waals surface area (Å²) in [5.41, 5.74) is 3.02. The lowest BCUT2D eigenvalue weighted by Crippen LogP contribution is -2.39. The van der Waals surface area contributed by atoms with Crippen LogP contribution >= 0.6 is 0 Å². The van der Waals surface area contributed by atoms with Gasteiger partial charge in [0, 0.05) is 13.0 Å². The summed E-state index contributed by atoms with van der Waals surface area (Å²) in [5, 5.41) is 31.0. The van der Waals surface area contributed by atoms with Crippen molar-refractivity contribution in [1.29, 1.82) is 0 Å². The fraction of sp³-hybridized carbons (Fsp3) is 0.793. The summed E-state index contributed by atoms with van der Waals surface area (Å²) in [6, 6.07) is 0. The van der Waals surface area contributed by atoms with Gasteiger partial charge in [-0.25, -0.2) is 0 Å². The molecule has 3 aliphatic carbocycles. The lowest BCUT2D eigenvalue weighted by Gasteiger charge is -2.43. The van der Waals surface area contributed by atoms with E-state index < -0.39 is 17.8 Å². The van der Waals surface area contributed by atoms with Crippen LogP contribution in [0.5, 0.6) is 0 Å². The third-order valence-electron chi connectivity index (χ3n) is 8.89. The van der Waals surface area contributed by atoms with Gasteiger partial charge >= 0.3 is 0 Å². The average Bonchev–Trinajstić information content (AvgIpc) is 3.08. The van der Waals surface area contributed by atoms with Crippen LogP contribution in [0.1, 0.15) is 92.9 Å². The summed E-state index contributed by atoms with van der Waals surface area (Å²) in [7, 11) is 0. The fourth-order valence-corrected chi connectivity index (χ4v) is 6.99. The molecule has 0 amide bonds. The van der Waals surface area contributed by atoms with Crippen molar-refractivity contribution in [3.63, 3.8) is 0 Å². The van der Waals surface area contributed by atoms with E-state index in [1.54, 1.807) is 0 Å². The monoisotopic (exact) mass is 460 g/mol. The number of aliphatic hydroxyl groups is 3. The zero-order chi connectivity index (χ0) is 24.4. The van der Waals surface area contributed by atoms with Gasteiger partial charge in [-0.05, 0) is 99.7 Å². The highest BCUT2D eigenvalue weighted by atomic mass is 16.5. The molecule has 0 heterocycles. The molecule has 3 rings (SSSR count). The normalized spacial score (nSPS) is 36.3. The minimum absolute atomic E-state index is 0.316. The number of aliphatic hydroxyl groups excluding tert-OH is 2. The summed E-state index contributed by atoms with van der Waals surface area (Å²) in [6.07, 6.45) is 13.5. The Morgan fingerprint density at radius 3 is 2.64 bits per heavy atom. The quantitative estimate of drug-likeness (QED) is 0.412. The molecule has 3 N–H and O–H groups in total. The molecule has 33 heavy (non-hydrogen) atoms. The highest BCUT2D eigenvalue weighted by molar-refractivity contribution is 5.39. The molecule has 0 aromatic rings. The predicted octanol–water partition coefficient (Wildman–Crippen LogP) is 5.72. The second-order valence-corrected chi connectivity index (χ2v) is 11.8. The maximum absolute atomic E-state index is 10.5. The molecule has 188 valence electrons. The molecule has 0 unspecified atom stereocenters. The zero-order valence-corrected chi connectivity index (χ0v) is 21.8. The van der Waals surface area contributed by atoms with Crippen molar-refractivity contribution in [2.75, 3.05) is 6.61 Å². The first kappa shape index (κ1) is 26.7. The summed E-state index contributed by atoms with van der Waals surface area (Å²) in [6.45, 7) is 13.2. The maximum atomic E-state index is 10.5. The molecule has 0 spiro atoms. The molecule has 4 nitrogen and oxygen atoms in total. The molecule has 4 heteroatoms. The molecule has 7 atom stereocenters. The van der Waals surface area contributed by atoms with E-state index >= 15 is 0 Å². The van der Waals surface area contributed by atoms with Gasteiger partial charge < -0.3 is 20.1 Å². The van der Waals surface area contributed by atoms with Gasteiger partial charge in [0.25, 0.3) is 0 Å².